The van der Waals surface area contributed by atoms with Crippen molar-refractivity contribution in [3.05, 3.63) is 11.3 Å². The Bertz CT molecular complexity index is 412. The normalized spacial score (nSPS) is 29.8. The highest BCUT2D eigenvalue weighted by atomic mass is 31.2. The second-order valence-corrected chi connectivity index (χ2v) is 4.14. The van der Waals surface area contributed by atoms with Crippen molar-refractivity contribution in [3.63, 3.8) is 0 Å². The average molecular weight is 188 g/mol. The monoisotopic (exact) mass is 188 g/mol. The summed E-state index contributed by atoms with van der Waals surface area (Å²) in [5, 5.41) is 3.97. The molecule has 3 aliphatic rings. The quantitative estimate of drug-likeness (QED) is 0.559. The topological polar surface area (TPSA) is 62.6 Å². The van der Waals surface area contributed by atoms with E-state index < -0.39 is 7.82 Å². The number of aromatic nitrogens is 2. The third-order valence-electron chi connectivity index (χ3n) is 1.87. The molecule has 0 fully saturated rings. The first-order valence-electron chi connectivity index (χ1n) is 3.41. The molecule has 4 bridgehead atoms. The van der Waals surface area contributed by atoms with Crippen LogP contribution in [0.3, 0.4) is 0 Å². The molecule has 1 atom stereocenters. The lowest BCUT2D eigenvalue weighted by Gasteiger charge is -2.02. The third kappa shape index (κ3) is 0.599. The Balaban J connectivity index is 2.34. The van der Waals surface area contributed by atoms with Crippen molar-refractivity contribution in [1.29, 1.82) is 0 Å². The average Bonchev–Trinajstić information content (AvgIpc) is 2.32. The summed E-state index contributed by atoms with van der Waals surface area (Å²) in [7, 11) is -3.36. The summed E-state index contributed by atoms with van der Waals surface area (Å²) < 4.78 is 26.1. The van der Waals surface area contributed by atoms with Crippen LogP contribution in [0.15, 0.2) is 0 Å². The zero-order valence-corrected chi connectivity index (χ0v) is 7.08. The number of nitrogens with zero attached hydrogens (tertiary/aromatic N) is 2. The molecule has 1 aromatic rings. The summed E-state index contributed by atoms with van der Waals surface area (Å²) in [5.74, 6) is 0.394. The van der Waals surface area contributed by atoms with Crippen molar-refractivity contribution < 1.29 is 18.2 Å². The summed E-state index contributed by atoms with van der Waals surface area (Å²) >= 11 is 0. The molecule has 1 unspecified atom stereocenters. The van der Waals surface area contributed by atoms with E-state index in [2.05, 4.69) is 5.10 Å². The maximum absolute atomic E-state index is 11.4. The van der Waals surface area contributed by atoms with Gasteiger partial charge in [0.15, 0.2) is 0 Å². The Morgan fingerprint density at radius 3 is 3.25 bits per heavy atom. The van der Waals surface area contributed by atoms with E-state index in [1.165, 1.54) is 0 Å². The smallest absolute Gasteiger partial charge is 0.372 e. The summed E-state index contributed by atoms with van der Waals surface area (Å²) in [6, 6.07) is 0. The lowest BCUT2D eigenvalue weighted by Crippen LogP contribution is -2.01. The van der Waals surface area contributed by atoms with Crippen molar-refractivity contribution in [1.82, 2.24) is 9.94 Å². The SMILES string of the molecule is Cc1c2nn3c1OP(=O)(OC2)O3. The van der Waals surface area contributed by atoms with Crippen LogP contribution >= 0.6 is 7.82 Å². The maximum Gasteiger partial charge on any atom is 0.610 e. The molecule has 0 amide bonds. The van der Waals surface area contributed by atoms with Gasteiger partial charge in [-0.25, -0.2) is 4.57 Å². The molecule has 0 spiro atoms. The zero-order valence-electron chi connectivity index (χ0n) is 6.18. The maximum atomic E-state index is 11.4. The minimum Gasteiger partial charge on any atom is -0.372 e. The summed E-state index contributed by atoms with van der Waals surface area (Å²) in [6.07, 6.45) is 0. The molecule has 4 heterocycles. The molecule has 4 rings (SSSR count). The van der Waals surface area contributed by atoms with E-state index in [4.69, 9.17) is 13.7 Å². The first-order valence-corrected chi connectivity index (χ1v) is 4.87. The van der Waals surface area contributed by atoms with Crippen molar-refractivity contribution in [2.45, 2.75) is 13.5 Å². The molecule has 64 valence electrons. The number of rotatable bonds is 0. The van der Waals surface area contributed by atoms with Crippen molar-refractivity contribution >= 4 is 7.82 Å². The predicted molar refractivity (Wildman–Crippen MR) is 36.6 cm³/mol. The Kier molecular flexibility index (Phi) is 0.908. The molecule has 3 aliphatic heterocycles. The van der Waals surface area contributed by atoms with E-state index in [9.17, 15) is 4.57 Å². The van der Waals surface area contributed by atoms with Crippen LogP contribution < -0.4 is 9.15 Å². The lowest BCUT2D eigenvalue weighted by molar-refractivity contribution is 0.186. The van der Waals surface area contributed by atoms with Crippen LogP contribution in [-0.2, 0) is 15.7 Å². The van der Waals surface area contributed by atoms with E-state index in [0.29, 0.717) is 11.6 Å². The summed E-state index contributed by atoms with van der Waals surface area (Å²) in [5.41, 5.74) is 1.53. The Morgan fingerprint density at radius 1 is 1.67 bits per heavy atom. The Hall–Kier alpha value is -1.00. The van der Waals surface area contributed by atoms with E-state index in [1.807, 2.05) is 6.92 Å². The van der Waals surface area contributed by atoms with Gasteiger partial charge >= 0.3 is 7.82 Å². The van der Waals surface area contributed by atoms with Crippen LogP contribution in [0.4, 0.5) is 0 Å². The molecule has 6 nitrogen and oxygen atoms in total. The molecule has 0 aliphatic carbocycles. The van der Waals surface area contributed by atoms with Gasteiger partial charge in [-0.05, 0) is 6.92 Å². The van der Waals surface area contributed by atoms with Gasteiger partial charge in [0.1, 0.15) is 6.61 Å². The second kappa shape index (κ2) is 1.67. The molecule has 1 aromatic heterocycles. The van der Waals surface area contributed by atoms with E-state index in [1.54, 1.807) is 0 Å². The minimum absolute atomic E-state index is 0.184. The predicted octanol–water partition coefficient (Wildman–Crippen LogP) is 0.651. The highest BCUT2D eigenvalue weighted by Crippen LogP contribution is 2.55. The van der Waals surface area contributed by atoms with Crippen LogP contribution in [0.5, 0.6) is 5.88 Å². The molecule has 0 radical (unpaired) electrons. The molecular weight excluding hydrogens is 183 g/mol. The Morgan fingerprint density at radius 2 is 2.50 bits per heavy atom. The van der Waals surface area contributed by atoms with Gasteiger partial charge in [-0.2, -0.15) is 0 Å². The van der Waals surface area contributed by atoms with Crippen LogP contribution in [0.25, 0.3) is 0 Å². The second-order valence-electron chi connectivity index (χ2n) is 2.64. The van der Waals surface area contributed by atoms with E-state index in [-0.39, 0.29) is 6.61 Å². The van der Waals surface area contributed by atoms with Crippen molar-refractivity contribution in [2.24, 2.45) is 0 Å². The van der Waals surface area contributed by atoms with Crippen LogP contribution in [-0.4, -0.2) is 9.94 Å². The van der Waals surface area contributed by atoms with Gasteiger partial charge in [0.05, 0.1) is 5.69 Å². The van der Waals surface area contributed by atoms with Gasteiger partial charge in [-0.15, -0.1) is 5.10 Å². The van der Waals surface area contributed by atoms with E-state index >= 15 is 0 Å². The number of hydrogen-bond donors (Lipinski definition) is 0. The standard InChI is InChI=1S/C5H5N2O4P/c1-3-4-2-9-12(8)10-5(3)7(6-4)11-12/h2H2,1H3. The zero-order chi connectivity index (χ0) is 8.34. The van der Waals surface area contributed by atoms with Crippen LogP contribution in [0, 0.1) is 6.92 Å². The van der Waals surface area contributed by atoms with Crippen LogP contribution in [0.1, 0.15) is 11.3 Å². The first kappa shape index (κ1) is 6.51. The van der Waals surface area contributed by atoms with Gasteiger partial charge in [0, 0.05) is 5.56 Å². The van der Waals surface area contributed by atoms with Gasteiger partial charge in [-0.1, -0.05) is 4.85 Å². The van der Waals surface area contributed by atoms with Gasteiger partial charge in [0.25, 0.3) is 5.88 Å². The largest absolute Gasteiger partial charge is 0.610 e. The fourth-order valence-corrected chi connectivity index (χ4v) is 2.33. The molecule has 0 saturated heterocycles. The highest BCUT2D eigenvalue weighted by Gasteiger charge is 2.45. The summed E-state index contributed by atoms with van der Waals surface area (Å²) in [6.45, 7) is 2.00. The molecule has 7 heteroatoms. The van der Waals surface area contributed by atoms with Crippen LogP contribution in [0.2, 0.25) is 0 Å². The fourth-order valence-electron chi connectivity index (χ4n) is 1.20. The molecule has 0 aromatic carbocycles. The molecule has 0 saturated carbocycles. The lowest BCUT2D eigenvalue weighted by atomic mass is 10.3. The van der Waals surface area contributed by atoms with Crippen molar-refractivity contribution in [3.8, 4) is 5.88 Å². The molecule has 12 heavy (non-hydrogen) atoms. The Labute approximate surface area is 67.6 Å². The van der Waals surface area contributed by atoms with E-state index in [0.717, 1.165) is 10.4 Å². The summed E-state index contributed by atoms with van der Waals surface area (Å²) in [4.78, 5) is 1.12. The minimum atomic E-state index is -3.36. The van der Waals surface area contributed by atoms with Crippen molar-refractivity contribution in [2.75, 3.05) is 0 Å². The number of phosphoric acid groups is 1. The van der Waals surface area contributed by atoms with Gasteiger partial charge in [0.2, 0.25) is 0 Å². The number of hydrogen-bond acceptors (Lipinski definition) is 5. The van der Waals surface area contributed by atoms with Gasteiger partial charge in [-0.3, -0.25) is 9.15 Å². The van der Waals surface area contributed by atoms with Gasteiger partial charge < -0.3 is 4.52 Å². The number of fused-ring (bicyclic) bond motifs is 1. The fraction of sp³-hybridized carbons (Fsp3) is 0.400. The highest BCUT2D eigenvalue weighted by molar-refractivity contribution is 7.49. The molecule has 0 N–H and O–H groups in total. The molecular formula is C5H5N2O4P. The number of phosphoric ester groups is 1. The first-order chi connectivity index (χ1) is 5.68. The third-order valence-corrected chi connectivity index (χ3v) is 3.07.